The maximum absolute atomic E-state index is 10.4. The van der Waals surface area contributed by atoms with E-state index in [4.69, 9.17) is 10.5 Å². The third-order valence-corrected chi connectivity index (χ3v) is 2.03. The first-order valence-corrected chi connectivity index (χ1v) is 4.57. The SMILES string of the molecule is CN(C)C(=N)c1ccc(CC(=O)O)cc1. The third-order valence-electron chi connectivity index (χ3n) is 2.03. The highest BCUT2D eigenvalue weighted by Crippen LogP contribution is 2.06. The summed E-state index contributed by atoms with van der Waals surface area (Å²) in [5, 5.41) is 16.3. The fraction of sp³-hybridized carbons (Fsp3) is 0.273. The van der Waals surface area contributed by atoms with Gasteiger partial charge in [-0.3, -0.25) is 10.2 Å². The number of benzene rings is 1. The number of carboxylic acid groups (broad SMARTS) is 1. The molecule has 4 heteroatoms. The Hall–Kier alpha value is -1.84. The molecule has 0 saturated heterocycles. The molecule has 2 N–H and O–H groups in total. The van der Waals surface area contributed by atoms with E-state index in [0.29, 0.717) is 5.84 Å². The van der Waals surface area contributed by atoms with Gasteiger partial charge in [-0.2, -0.15) is 0 Å². The molecule has 1 aromatic carbocycles. The molecule has 0 unspecified atom stereocenters. The van der Waals surface area contributed by atoms with Gasteiger partial charge in [-0.25, -0.2) is 0 Å². The predicted octanol–water partition coefficient (Wildman–Crippen LogP) is 1.20. The van der Waals surface area contributed by atoms with Crippen LogP contribution in [0.2, 0.25) is 0 Å². The van der Waals surface area contributed by atoms with Gasteiger partial charge in [-0.15, -0.1) is 0 Å². The zero-order chi connectivity index (χ0) is 11.4. The molecule has 0 saturated carbocycles. The van der Waals surface area contributed by atoms with Gasteiger partial charge in [0.15, 0.2) is 0 Å². The highest BCUT2D eigenvalue weighted by Gasteiger charge is 2.04. The largest absolute Gasteiger partial charge is 0.481 e. The lowest BCUT2D eigenvalue weighted by atomic mass is 10.1. The number of carbonyl (C=O) groups is 1. The Morgan fingerprint density at radius 3 is 2.27 bits per heavy atom. The van der Waals surface area contributed by atoms with Crippen LogP contribution < -0.4 is 0 Å². The molecule has 0 aliphatic rings. The van der Waals surface area contributed by atoms with Crippen molar-refractivity contribution < 1.29 is 9.90 Å². The second-order valence-electron chi connectivity index (χ2n) is 3.51. The molecule has 0 spiro atoms. The smallest absolute Gasteiger partial charge is 0.307 e. The molecule has 15 heavy (non-hydrogen) atoms. The van der Waals surface area contributed by atoms with Gasteiger partial charge in [-0.1, -0.05) is 24.3 Å². The summed E-state index contributed by atoms with van der Waals surface area (Å²) in [4.78, 5) is 12.1. The van der Waals surface area contributed by atoms with E-state index >= 15 is 0 Å². The molecule has 0 bridgehead atoms. The fourth-order valence-corrected chi connectivity index (χ4v) is 1.21. The molecule has 0 atom stereocenters. The summed E-state index contributed by atoms with van der Waals surface area (Å²) in [7, 11) is 3.60. The molecular formula is C11H14N2O2. The number of aliphatic carboxylic acids is 1. The van der Waals surface area contributed by atoms with Gasteiger partial charge in [0, 0.05) is 19.7 Å². The van der Waals surface area contributed by atoms with Crippen LogP contribution >= 0.6 is 0 Å². The number of hydrogen-bond donors (Lipinski definition) is 2. The van der Waals surface area contributed by atoms with E-state index in [9.17, 15) is 4.79 Å². The van der Waals surface area contributed by atoms with Crippen molar-refractivity contribution >= 4 is 11.8 Å². The summed E-state index contributed by atoms with van der Waals surface area (Å²) < 4.78 is 0. The Morgan fingerprint density at radius 1 is 1.33 bits per heavy atom. The number of rotatable bonds is 3. The van der Waals surface area contributed by atoms with Gasteiger partial charge in [0.2, 0.25) is 0 Å². The molecule has 0 radical (unpaired) electrons. The summed E-state index contributed by atoms with van der Waals surface area (Å²) >= 11 is 0. The predicted molar refractivity (Wildman–Crippen MR) is 58.3 cm³/mol. The topological polar surface area (TPSA) is 64.4 Å². The zero-order valence-electron chi connectivity index (χ0n) is 8.82. The number of hydrogen-bond acceptors (Lipinski definition) is 2. The second kappa shape index (κ2) is 4.59. The lowest BCUT2D eigenvalue weighted by Gasteiger charge is -2.13. The third kappa shape index (κ3) is 3.09. The first-order valence-electron chi connectivity index (χ1n) is 4.57. The highest BCUT2D eigenvalue weighted by molar-refractivity contribution is 5.96. The maximum Gasteiger partial charge on any atom is 0.307 e. The van der Waals surface area contributed by atoms with Crippen molar-refractivity contribution in [2.24, 2.45) is 0 Å². The normalized spacial score (nSPS) is 9.73. The molecule has 0 aromatic heterocycles. The van der Waals surface area contributed by atoms with Crippen LogP contribution in [0.25, 0.3) is 0 Å². The second-order valence-corrected chi connectivity index (χ2v) is 3.51. The molecule has 0 amide bonds. The Morgan fingerprint density at radius 2 is 1.87 bits per heavy atom. The Kier molecular flexibility index (Phi) is 3.44. The van der Waals surface area contributed by atoms with E-state index in [-0.39, 0.29) is 6.42 Å². The van der Waals surface area contributed by atoms with Crippen molar-refractivity contribution in [1.82, 2.24) is 4.90 Å². The van der Waals surface area contributed by atoms with Crippen LogP contribution in [0.15, 0.2) is 24.3 Å². The zero-order valence-corrected chi connectivity index (χ0v) is 8.82. The molecule has 1 rings (SSSR count). The van der Waals surface area contributed by atoms with Crippen LogP contribution in [0.5, 0.6) is 0 Å². The van der Waals surface area contributed by atoms with Gasteiger partial charge >= 0.3 is 5.97 Å². The average Bonchev–Trinajstić information content (AvgIpc) is 2.17. The maximum atomic E-state index is 10.4. The van der Waals surface area contributed by atoms with Crippen LogP contribution in [0.4, 0.5) is 0 Å². The van der Waals surface area contributed by atoms with E-state index in [1.807, 2.05) is 0 Å². The van der Waals surface area contributed by atoms with Crippen LogP contribution in [-0.2, 0) is 11.2 Å². The number of amidine groups is 1. The van der Waals surface area contributed by atoms with E-state index in [1.54, 1.807) is 43.3 Å². The molecular weight excluding hydrogens is 192 g/mol. The lowest BCUT2D eigenvalue weighted by Crippen LogP contribution is -2.21. The molecule has 0 fully saturated rings. The molecule has 0 aliphatic heterocycles. The molecule has 4 nitrogen and oxygen atoms in total. The van der Waals surface area contributed by atoms with Crippen LogP contribution in [0.3, 0.4) is 0 Å². The van der Waals surface area contributed by atoms with Gasteiger partial charge in [0.25, 0.3) is 0 Å². The Balaban J connectivity index is 2.81. The Labute approximate surface area is 88.7 Å². The highest BCUT2D eigenvalue weighted by atomic mass is 16.4. The average molecular weight is 206 g/mol. The van der Waals surface area contributed by atoms with Crippen molar-refractivity contribution in [2.45, 2.75) is 6.42 Å². The minimum Gasteiger partial charge on any atom is -0.481 e. The van der Waals surface area contributed by atoms with Crippen LogP contribution in [0.1, 0.15) is 11.1 Å². The molecule has 0 heterocycles. The van der Waals surface area contributed by atoms with E-state index in [2.05, 4.69) is 0 Å². The van der Waals surface area contributed by atoms with Crippen molar-refractivity contribution in [3.63, 3.8) is 0 Å². The van der Waals surface area contributed by atoms with Gasteiger partial charge < -0.3 is 10.0 Å². The van der Waals surface area contributed by atoms with Crippen LogP contribution in [-0.4, -0.2) is 35.9 Å². The minimum absolute atomic E-state index is 0.0234. The molecule has 0 aliphatic carbocycles. The van der Waals surface area contributed by atoms with Gasteiger partial charge in [0.1, 0.15) is 5.84 Å². The quantitative estimate of drug-likeness (QED) is 0.577. The van der Waals surface area contributed by atoms with E-state index in [1.165, 1.54) is 0 Å². The Bertz CT molecular complexity index is 369. The van der Waals surface area contributed by atoms with Crippen molar-refractivity contribution in [3.8, 4) is 0 Å². The summed E-state index contributed by atoms with van der Waals surface area (Å²) in [6.45, 7) is 0. The standard InChI is InChI=1S/C11H14N2O2/c1-13(2)11(12)9-5-3-8(4-6-9)7-10(14)15/h3-6,12H,7H2,1-2H3,(H,14,15). The van der Waals surface area contributed by atoms with Crippen molar-refractivity contribution in [2.75, 3.05) is 14.1 Å². The molecule has 1 aromatic rings. The van der Waals surface area contributed by atoms with Gasteiger partial charge in [0.05, 0.1) is 6.42 Å². The van der Waals surface area contributed by atoms with E-state index in [0.717, 1.165) is 11.1 Å². The minimum atomic E-state index is -0.842. The summed E-state index contributed by atoms with van der Waals surface area (Å²) in [6, 6.07) is 7.00. The number of carboxylic acids is 1. The molecule has 80 valence electrons. The van der Waals surface area contributed by atoms with Crippen molar-refractivity contribution in [1.29, 1.82) is 5.41 Å². The van der Waals surface area contributed by atoms with Crippen molar-refractivity contribution in [3.05, 3.63) is 35.4 Å². The fourth-order valence-electron chi connectivity index (χ4n) is 1.21. The summed E-state index contributed by atoms with van der Waals surface area (Å²) in [5.74, 6) is -0.428. The summed E-state index contributed by atoms with van der Waals surface area (Å²) in [5.41, 5.74) is 1.53. The first kappa shape index (κ1) is 11.2. The number of nitrogens with zero attached hydrogens (tertiary/aromatic N) is 1. The van der Waals surface area contributed by atoms with Crippen LogP contribution in [0, 0.1) is 5.41 Å². The summed E-state index contributed by atoms with van der Waals surface area (Å²) in [6.07, 6.45) is 0.0234. The number of nitrogens with one attached hydrogen (secondary N) is 1. The lowest BCUT2D eigenvalue weighted by molar-refractivity contribution is -0.136. The monoisotopic (exact) mass is 206 g/mol. The first-order chi connectivity index (χ1) is 7.00. The van der Waals surface area contributed by atoms with E-state index < -0.39 is 5.97 Å². The van der Waals surface area contributed by atoms with Gasteiger partial charge in [-0.05, 0) is 5.56 Å².